The van der Waals surface area contributed by atoms with Gasteiger partial charge >= 0.3 is 0 Å². The van der Waals surface area contributed by atoms with Crippen LogP contribution in [0.5, 0.6) is 0 Å². The number of hydrogen-bond donors (Lipinski definition) is 0. The van der Waals surface area contributed by atoms with Crippen molar-refractivity contribution in [2.45, 2.75) is 0 Å². The first-order chi connectivity index (χ1) is 11.1. The van der Waals surface area contributed by atoms with E-state index < -0.39 is 11.8 Å². The number of carbonyl (C=O) groups excluding carboxylic acids is 2. The van der Waals surface area contributed by atoms with Crippen LogP contribution < -0.4 is 0 Å². The summed E-state index contributed by atoms with van der Waals surface area (Å²) < 4.78 is 0.233. The average Bonchev–Trinajstić information content (AvgIpc) is 2.82. The number of carbonyl (C=O) groups is 2. The van der Waals surface area contributed by atoms with Crippen molar-refractivity contribution in [3.8, 4) is 0 Å². The second-order valence-electron chi connectivity index (χ2n) is 4.74. The third-order valence-corrected chi connectivity index (χ3v) is 4.74. The van der Waals surface area contributed by atoms with E-state index in [1.165, 1.54) is 0 Å². The Labute approximate surface area is 147 Å². The lowest BCUT2D eigenvalue weighted by Crippen LogP contribution is -2.34. The summed E-state index contributed by atoms with van der Waals surface area (Å²) in [6, 6.07) is 15.8. The fourth-order valence-corrected chi connectivity index (χ4v) is 3.45. The molecule has 2 aromatic carbocycles. The van der Waals surface area contributed by atoms with E-state index in [2.05, 4.69) is 0 Å². The summed E-state index contributed by atoms with van der Waals surface area (Å²) in [6.45, 7) is 0. The Bertz CT molecular complexity index is 816. The van der Waals surface area contributed by atoms with Crippen molar-refractivity contribution in [1.82, 2.24) is 4.90 Å². The van der Waals surface area contributed by atoms with Crippen molar-refractivity contribution in [3.05, 3.63) is 75.7 Å². The molecule has 1 fully saturated rings. The second kappa shape index (κ2) is 6.66. The van der Waals surface area contributed by atoms with Crippen LogP contribution in [0.25, 0.3) is 6.08 Å². The molecule has 114 valence electrons. The Morgan fingerprint density at radius 1 is 1.09 bits per heavy atom. The zero-order valence-electron chi connectivity index (χ0n) is 11.7. The molecule has 0 aliphatic carbocycles. The number of amides is 2. The lowest BCUT2D eigenvalue weighted by atomic mass is 10.2. The van der Waals surface area contributed by atoms with Crippen LogP contribution in [-0.2, 0) is 4.79 Å². The largest absolute Gasteiger partial charge is 0.273 e. The Kier molecular flexibility index (Phi) is 4.61. The summed E-state index contributed by atoms with van der Waals surface area (Å²) >= 11 is 12.1. The normalized spacial score (nSPS) is 16.2. The minimum Gasteiger partial charge on any atom is -0.268 e. The smallest absolute Gasteiger partial charge is 0.268 e. The lowest BCUT2D eigenvalue weighted by molar-refractivity contribution is -0.120. The number of hydrogen-bond acceptors (Lipinski definition) is 4. The quantitative estimate of drug-likeness (QED) is 0.453. The van der Waals surface area contributed by atoms with Gasteiger partial charge in [-0.1, -0.05) is 65.9 Å². The molecule has 1 aliphatic rings. The molecule has 3 rings (SSSR count). The van der Waals surface area contributed by atoms with E-state index in [1.807, 2.05) is 30.3 Å². The van der Waals surface area contributed by atoms with Gasteiger partial charge in [-0.05, 0) is 35.9 Å². The summed E-state index contributed by atoms with van der Waals surface area (Å²) in [7, 11) is 0. The summed E-state index contributed by atoms with van der Waals surface area (Å²) in [4.78, 5) is 26.5. The van der Waals surface area contributed by atoms with Gasteiger partial charge in [0.25, 0.3) is 11.8 Å². The standard InChI is InChI=1S/C17H10ClNO2S2/c18-13-8-6-12(7-9-13)15(20)19-16(21)14(23-17(19)22)10-11-4-2-1-3-5-11/h1-10H/b14-10+. The second-order valence-corrected chi connectivity index (χ2v) is 6.85. The van der Waals surface area contributed by atoms with Gasteiger partial charge < -0.3 is 0 Å². The number of benzene rings is 2. The number of imide groups is 1. The Balaban J connectivity index is 1.88. The molecule has 3 nitrogen and oxygen atoms in total. The van der Waals surface area contributed by atoms with Gasteiger partial charge in [-0.25, -0.2) is 4.90 Å². The molecule has 0 radical (unpaired) electrons. The SMILES string of the molecule is O=C1/C(=C\c2ccccc2)SC(=S)N1C(=O)c1ccc(Cl)cc1. The fourth-order valence-electron chi connectivity index (χ4n) is 2.07. The van der Waals surface area contributed by atoms with E-state index in [4.69, 9.17) is 23.8 Å². The van der Waals surface area contributed by atoms with Crippen LogP contribution in [-0.4, -0.2) is 21.0 Å². The van der Waals surface area contributed by atoms with Crippen molar-refractivity contribution in [2.24, 2.45) is 0 Å². The molecule has 23 heavy (non-hydrogen) atoms. The predicted octanol–water partition coefficient (Wildman–Crippen LogP) is 4.38. The summed E-state index contributed by atoms with van der Waals surface area (Å²) in [6.07, 6.45) is 1.73. The first-order valence-corrected chi connectivity index (χ1v) is 8.29. The van der Waals surface area contributed by atoms with E-state index in [9.17, 15) is 9.59 Å². The maximum Gasteiger partial charge on any atom is 0.273 e. The monoisotopic (exact) mass is 359 g/mol. The van der Waals surface area contributed by atoms with E-state index in [-0.39, 0.29) is 4.32 Å². The number of rotatable bonds is 2. The first kappa shape index (κ1) is 15.9. The predicted molar refractivity (Wildman–Crippen MR) is 97.2 cm³/mol. The third kappa shape index (κ3) is 3.37. The van der Waals surface area contributed by atoms with Crippen LogP contribution in [0.2, 0.25) is 5.02 Å². The van der Waals surface area contributed by atoms with Crippen molar-refractivity contribution in [1.29, 1.82) is 0 Å². The Morgan fingerprint density at radius 3 is 2.39 bits per heavy atom. The molecule has 0 unspecified atom stereocenters. The number of thioether (sulfide) groups is 1. The van der Waals surface area contributed by atoms with Gasteiger partial charge in [-0.15, -0.1) is 0 Å². The molecular weight excluding hydrogens is 350 g/mol. The minimum absolute atomic E-state index is 0.233. The molecule has 0 aromatic heterocycles. The van der Waals surface area contributed by atoms with E-state index in [0.29, 0.717) is 15.5 Å². The van der Waals surface area contributed by atoms with Gasteiger partial charge in [0.15, 0.2) is 4.32 Å². The van der Waals surface area contributed by atoms with E-state index >= 15 is 0 Å². The maximum atomic E-state index is 12.5. The minimum atomic E-state index is -0.444. The van der Waals surface area contributed by atoms with E-state index in [1.54, 1.807) is 30.3 Å². The van der Waals surface area contributed by atoms with Crippen LogP contribution in [0.4, 0.5) is 0 Å². The fraction of sp³-hybridized carbons (Fsp3) is 0. The lowest BCUT2D eigenvalue weighted by Gasteiger charge is -2.12. The highest BCUT2D eigenvalue weighted by Crippen LogP contribution is 2.33. The van der Waals surface area contributed by atoms with Crippen LogP contribution in [0.3, 0.4) is 0 Å². The van der Waals surface area contributed by atoms with Crippen LogP contribution in [0.1, 0.15) is 15.9 Å². The zero-order chi connectivity index (χ0) is 16.4. The highest BCUT2D eigenvalue weighted by molar-refractivity contribution is 8.26. The molecule has 2 aromatic rings. The summed E-state index contributed by atoms with van der Waals surface area (Å²) in [5.41, 5.74) is 1.25. The van der Waals surface area contributed by atoms with Crippen LogP contribution >= 0.6 is 35.6 Å². The molecule has 1 saturated heterocycles. The molecule has 0 spiro atoms. The molecule has 0 N–H and O–H groups in total. The molecule has 6 heteroatoms. The summed E-state index contributed by atoms with van der Waals surface area (Å²) in [5.74, 6) is -0.843. The van der Waals surface area contributed by atoms with Crippen molar-refractivity contribution >= 4 is 57.8 Å². The van der Waals surface area contributed by atoms with Crippen LogP contribution in [0, 0.1) is 0 Å². The van der Waals surface area contributed by atoms with Crippen LogP contribution in [0.15, 0.2) is 59.5 Å². The van der Waals surface area contributed by atoms with Gasteiger partial charge in [0, 0.05) is 10.6 Å². The van der Waals surface area contributed by atoms with Gasteiger partial charge in [0.05, 0.1) is 4.91 Å². The Hall–Kier alpha value is -1.95. The van der Waals surface area contributed by atoms with Crippen molar-refractivity contribution in [2.75, 3.05) is 0 Å². The third-order valence-electron chi connectivity index (χ3n) is 3.19. The molecule has 0 bridgehead atoms. The van der Waals surface area contributed by atoms with E-state index in [0.717, 1.165) is 22.2 Å². The van der Waals surface area contributed by atoms with Gasteiger partial charge in [-0.2, -0.15) is 0 Å². The average molecular weight is 360 g/mol. The highest BCUT2D eigenvalue weighted by Gasteiger charge is 2.37. The number of nitrogens with zero attached hydrogens (tertiary/aromatic N) is 1. The number of halogens is 1. The number of thiocarbonyl (C=S) groups is 1. The van der Waals surface area contributed by atoms with Crippen molar-refractivity contribution in [3.63, 3.8) is 0 Å². The molecule has 1 heterocycles. The highest BCUT2D eigenvalue weighted by atomic mass is 35.5. The summed E-state index contributed by atoms with van der Waals surface area (Å²) in [5, 5.41) is 0.524. The molecule has 0 saturated carbocycles. The first-order valence-electron chi connectivity index (χ1n) is 6.69. The molecular formula is C17H10ClNO2S2. The molecule has 1 aliphatic heterocycles. The molecule has 0 atom stereocenters. The van der Waals surface area contributed by atoms with Gasteiger partial charge in [0.1, 0.15) is 0 Å². The van der Waals surface area contributed by atoms with Gasteiger partial charge in [0.2, 0.25) is 0 Å². The maximum absolute atomic E-state index is 12.5. The zero-order valence-corrected chi connectivity index (χ0v) is 14.1. The Morgan fingerprint density at radius 2 is 1.74 bits per heavy atom. The van der Waals surface area contributed by atoms with Gasteiger partial charge in [-0.3, -0.25) is 9.59 Å². The topological polar surface area (TPSA) is 37.4 Å². The van der Waals surface area contributed by atoms with Crippen molar-refractivity contribution < 1.29 is 9.59 Å². The molecule has 2 amide bonds.